The smallest absolute Gasteiger partial charge is 0.248 e. The Balaban J connectivity index is 1.67. The highest BCUT2D eigenvalue weighted by Gasteiger charge is 2.39. The summed E-state index contributed by atoms with van der Waals surface area (Å²) >= 11 is 1.53. The average molecular weight is 326 g/mol. The van der Waals surface area contributed by atoms with Gasteiger partial charge in [0.25, 0.3) is 0 Å². The topological polar surface area (TPSA) is 49.4 Å². The van der Waals surface area contributed by atoms with Crippen LogP contribution in [0.3, 0.4) is 0 Å². The maximum absolute atomic E-state index is 13.2. The van der Waals surface area contributed by atoms with E-state index < -0.39 is 17.7 Å². The Morgan fingerprint density at radius 3 is 2.64 bits per heavy atom. The summed E-state index contributed by atoms with van der Waals surface area (Å²) in [5.74, 6) is -1.24. The first kappa shape index (κ1) is 15.3. The van der Waals surface area contributed by atoms with Crippen molar-refractivity contribution < 1.29 is 18.4 Å². The van der Waals surface area contributed by atoms with Crippen molar-refractivity contribution >= 4 is 29.3 Å². The molecule has 1 saturated carbocycles. The van der Waals surface area contributed by atoms with Crippen molar-refractivity contribution in [2.45, 2.75) is 25.3 Å². The third-order valence-corrected chi connectivity index (χ3v) is 5.12. The SMILES string of the molecule is O=C(Nc1ccc(F)c(F)c1)[C@H]1CSCN1C(=O)C1CCC1. The molecule has 1 saturated heterocycles. The number of halogens is 2. The molecule has 1 N–H and O–H groups in total. The van der Waals surface area contributed by atoms with Gasteiger partial charge in [0.2, 0.25) is 11.8 Å². The van der Waals surface area contributed by atoms with E-state index in [0.29, 0.717) is 11.6 Å². The largest absolute Gasteiger partial charge is 0.324 e. The molecule has 1 aliphatic heterocycles. The second kappa shape index (κ2) is 6.24. The van der Waals surface area contributed by atoms with Crippen LogP contribution >= 0.6 is 11.8 Å². The van der Waals surface area contributed by atoms with Crippen LogP contribution in [0.5, 0.6) is 0 Å². The highest BCUT2D eigenvalue weighted by atomic mass is 32.2. The zero-order valence-electron chi connectivity index (χ0n) is 11.9. The number of carbonyl (C=O) groups is 2. The molecule has 2 amide bonds. The van der Waals surface area contributed by atoms with E-state index in [-0.39, 0.29) is 23.4 Å². The van der Waals surface area contributed by atoms with Crippen molar-refractivity contribution in [3.8, 4) is 0 Å². The molecule has 1 atom stereocenters. The van der Waals surface area contributed by atoms with Gasteiger partial charge in [-0.15, -0.1) is 11.8 Å². The minimum atomic E-state index is -1.01. The van der Waals surface area contributed by atoms with Gasteiger partial charge >= 0.3 is 0 Å². The highest BCUT2D eigenvalue weighted by Crippen LogP contribution is 2.32. The van der Waals surface area contributed by atoms with E-state index in [1.807, 2.05) is 0 Å². The molecule has 0 bridgehead atoms. The van der Waals surface area contributed by atoms with Crippen molar-refractivity contribution in [2.24, 2.45) is 5.92 Å². The van der Waals surface area contributed by atoms with E-state index in [1.54, 1.807) is 4.90 Å². The summed E-state index contributed by atoms with van der Waals surface area (Å²) in [6.45, 7) is 0. The molecular weight excluding hydrogens is 310 g/mol. The monoisotopic (exact) mass is 326 g/mol. The third kappa shape index (κ3) is 2.95. The summed E-state index contributed by atoms with van der Waals surface area (Å²) in [6, 6.07) is 2.65. The molecule has 0 aromatic heterocycles. The summed E-state index contributed by atoms with van der Waals surface area (Å²) in [5.41, 5.74) is 0.192. The molecule has 7 heteroatoms. The van der Waals surface area contributed by atoms with Gasteiger partial charge in [0.1, 0.15) is 6.04 Å². The van der Waals surface area contributed by atoms with Gasteiger partial charge in [0, 0.05) is 23.4 Å². The minimum absolute atomic E-state index is 0.0293. The Morgan fingerprint density at radius 1 is 1.23 bits per heavy atom. The minimum Gasteiger partial charge on any atom is -0.324 e. The summed E-state index contributed by atoms with van der Waals surface area (Å²) in [4.78, 5) is 26.2. The van der Waals surface area contributed by atoms with Crippen LogP contribution in [0.2, 0.25) is 0 Å². The van der Waals surface area contributed by atoms with Crippen molar-refractivity contribution in [2.75, 3.05) is 16.9 Å². The molecule has 22 heavy (non-hydrogen) atoms. The van der Waals surface area contributed by atoms with Crippen LogP contribution in [0.1, 0.15) is 19.3 Å². The molecule has 2 aliphatic rings. The molecule has 1 aliphatic carbocycles. The molecule has 4 nitrogen and oxygen atoms in total. The number of rotatable bonds is 3. The van der Waals surface area contributed by atoms with E-state index in [9.17, 15) is 18.4 Å². The number of hydrogen-bond acceptors (Lipinski definition) is 3. The van der Waals surface area contributed by atoms with Gasteiger partial charge in [-0.25, -0.2) is 8.78 Å². The van der Waals surface area contributed by atoms with Gasteiger partial charge in [-0.2, -0.15) is 0 Å². The first-order chi connectivity index (χ1) is 10.6. The average Bonchev–Trinajstić information content (AvgIpc) is 2.90. The molecule has 0 spiro atoms. The van der Waals surface area contributed by atoms with E-state index in [4.69, 9.17) is 0 Å². The number of thioether (sulfide) groups is 1. The molecule has 0 unspecified atom stereocenters. The van der Waals surface area contributed by atoms with Crippen LogP contribution in [0.15, 0.2) is 18.2 Å². The van der Waals surface area contributed by atoms with Crippen LogP contribution in [0.4, 0.5) is 14.5 Å². The third-order valence-electron chi connectivity index (χ3n) is 4.11. The second-order valence-corrected chi connectivity index (χ2v) is 6.57. The van der Waals surface area contributed by atoms with Crippen molar-refractivity contribution in [3.05, 3.63) is 29.8 Å². The molecule has 1 aromatic rings. The Labute approximate surface area is 131 Å². The van der Waals surface area contributed by atoms with Gasteiger partial charge in [-0.3, -0.25) is 9.59 Å². The van der Waals surface area contributed by atoms with E-state index in [1.165, 1.54) is 17.8 Å². The zero-order chi connectivity index (χ0) is 15.7. The van der Waals surface area contributed by atoms with Gasteiger partial charge in [0.15, 0.2) is 11.6 Å². The zero-order valence-corrected chi connectivity index (χ0v) is 12.7. The second-order valence-electron chi connectivity index (χ2n) is 5.57. The summed E-state index contributed by atoms with van der Waals surface area (Å²) < 4.78 is 26.1. The number of nitrogens with one attached hydrogen (secondary N) is 1. The quantitative estimate of drug-likeness (QED) is 0.929. The predicted octanol–water partition coefficient (Wildman–Crippen LogP) is 2.60. The van der Waals surface area contributed by atoms with Crippen molar-refractivity contribution in [3.63, 3.8) is 0 Å². The lowest BCUT2D eigenvalue weighted by Crippen LogP contribution is -2.47. The van der Waals surface area contributed by atoms with Gasteiger partial charge in [-0.05, 0) is 25.0 Å². The maximum atomic E-state index is 13.2. The van der Waals surface area contributed by atoms with E-state index in [0.717, 1.165) is 31.4 Å². The first-order valence-electron chi connectivity index (χ1n) is 7.20. The van der Waals surface area contributed by atoms with E-state index >= 15 is 0 Å². The fourth-order valence-electron chi connectivity index (χ4n) is 2.57. The number of nitrogens with zero attached hydrogens (tertiary/aromatic N) is 1. The summed E-state index contributed by atoms with van der Waals surface area (Å²) in [5, 5.41) is 2.56. The highest BCUT2D eigenvalue weighted by molar-refractivity contribution is 7.99. The first-order valence-corrected chi connectivity index (χ1v) is 8.36. The van der Waals surface area contributed by atoms with E-state index in [2.05, 4.69) is 5.32 Å². The Hall–Kier alpha value is -1.63. The number of benzene rings is 1. The van der Waals surface area contributed by atoms with Gasteiger partial charge in [0.05, 0.1) is 5.88 Å². The Kier molecular flexibility index (Phi) is 4.33. The standard InChI is InChI=1S/C15H16F2N2O2S/c16-11-5-4-10(6-12(11)17)18-14(20)13-7-22-8-19(13)15(21)9-2-1-3-9/h4-6,9,13H,1-3,7-8H2,(H,18,20)/t13-/m1/s1. The number of anilines is 1. The fourth-order valence-corrected chi connectivity index (χ4v) is 3.73. The lowest BCUT2D eigenvalue weighted by Gasteiger charge is -2.31. The molecule has 118 valence electrons. The van der Waals surface area contributed by atoms with Crippen LogP contribution < -0.4 is 5.32 Å². The lowest BCUT2D eigenvalue weighted by molar-refractivity contribution is -0.141. The van der Waals surface area contributed by atoms with Crippen molar-refractivity contribution in [1.29, 1.82) is 0 Å². The lowest BCUT2D eigenvalue weighted by atomic mass is 9.84. The fraction of sp³-hybridized carbons (Fsp3) is 0.467. The molecule has 3 rings (SSSR count). The van der Waals surface area contributed by atoms with Crippen LogP contribution in [0.25, 0.3) is 0 Å². The summed E-state index contributed by atoms with van der Waals surface area (Å²) in [6.07, 6.45) is 2.83. The molecule has 0 radical (unpaired) electrons. The Morgan fingerprint density at radius 2 is 2.00 bits per heavy atom. The molecule has 1 heterocycles. The number of amides is 2. The predicted molar refractivity (Wildman–Crippen MR) is 80.3 cm³/mol. The van der Waals surface area contributed by atoms with Gasteiger partial charge < -0.3 is 10.2 Å². The number of hydrogen-bond donors (Lipinski definition) is 1. The van der Waals surface area contributed by atoms with Crippen LogP contribution in [0, 0.1) is 17.6 Å². The molecule has 1 aromatic carbocycles. The Bertz CT molecular complexity index is 607. The maximum Gasteiger partial charge on any atom is 0.248 e. The van der Waals surface area contributed by atoms with Gasteiger partial charge in [-0.1, -0.05) is 6.42 Å². The number of carbonyl (C=O) groups excluding carboxylic acids is 2. The molecule has 2 fully saturated rings. The summed E-state index contributed by atoms with van der Waals surface area (Å²) in [7, 11) is 0. The van der Waals surface area contributed by atoms with Crippen molar-refractivity contribution in [1.82, 2.24) is 4.90 Å². The normalized spacial score (nSPS) is 21.5. The van der Waals surface area contributed by atoms with Crippen LogP contribution in [-0.4, -0.2) is 34.4 Å². The molecular formula is C15H16F2N2O2S. The van der Waals surface area contributed by atoms with Crippen LogP contribution in [-0.2, 0) is 9.59 Å².